The topological polar surface area (TPSA) is 74.7 Å². The molecule has 0 spiro atoms. The van der Waals surface area contributed by atoms with E-state index in [9.17, 15) is 0 Å². The van der Waals surface area contributed by atoms with Crippen LogP contribution in [-0.2, 0) is 4.84 Å². The van der Waals surface area contributed by atoms with Crippen molar-refractivity contribution in [2.75, 3.05) is 14.1 Å². The summed E-state index contributed by atoms with van der Waals surface area (Å²) in [5, 5.41) is 11.5. The van der Waals surface area contributed by atoms with Gasteiger partial charge in [0.1, 0.15) is 0 Å². The lowest BCUT2D eigenvalue weighted by Crippen LogP contribution is -2.23. The molecule has 0 bridgehead atoms. The van der Waals surface area contributed by atoms with E-state index in [1.807, 2.05) is 0 Å². The second kappa shape index (κ2) is 5.37. The van der Waals surface area contributed by atoms with Crippen LogP contribution >= 0.6 is 11.6 Å². The Labute approximate surface area is 98.9 Å². The summed E-state index contributed by atoms with van der Waals surface area (Å²) in [7, 11) is 3.34. The zero-order valence-corrected chi connectivity index (χ0v) is 9.82. The highest BCUT2D eigenvalue weighted by Gasteiger charge is 2.05. The molecule has 1 rings (SSSR count). The average molecular weight is 241 g/mol. The molecule has 0 saturated heterocycles. The zero-order chi connectivity index (χ0) is 12.1. The number of amidine groups is 2. The van der Waals surface area contributed by atoms with Gasteiger partial charge in [0, 0.05) is 19.7 Å². The number of nitrogens with two attached hydrogens (primary N) is 1. The Kier molecular flexibility index (Phi) is 4.13. The van der Waals surface area contributed by atoms with E-state index in [2.05, 4.69) is 5.16 Å². The van der Waals surface area contributed by atoms with Gasteiger partial charge in [-0.15, -0.1) is 0 Å². The molecule has 86 valence electrons. The van der Waals surface area contributed by atoms with Crippen LogP contribution in [0.4, 0.5) is 0 Å². The predicted octanol–water partition coefficient (Wildman–Crippen LogP) is 1.47. The lowest BCUT2D eigenvalue weighted by Gasteiger charge is -2.10. The smallest absolute Gasteiger partial charge is 0.314 e. The molecule has 0 aliphatic rings. The van der Waals surface area contributed by atoms with Gasteiger partial charge in [-0.05, 0) is 12.1 Å². The number of nitrogens with one attached hydrogen (secondary N) is 1. The third kappa shape index (κ3) is 3.13. The highest BCUT2D eigenvalue weighted by molar-refractivity contribution is 6.34. The molecule has 0 radical (unpaired) electrons. The number of hydrogen-bond donors (Lipinski definition) is 2. The summed E-state index contributed by atoms with van der Waals surface area (Å²) >= 11 is 5.92. The quantitative estimate of drug-likeness (QED) is 0.467. The molecule has 3 N–H and O–H groups in total. The van der Waals surface area contributed by atoms with E-state index in [1.165, 1.54) is 4.90 Å². The average Bonchev–Trinajstić information content (AvgIpc) is 2.25. The molecule has 0 aliphatic heterocycles. The first kappa shape index (κ1) is 12.3. The van der Waals surface area contributed by atoms with E-state index in [0.717, 1.165) is 0 Å². The van der Waals surface area contributed by atoms with E-state index in [1.54, 1.807) is 38.4 Å². The number of oxime groups is 1. The molecular formula is C10H13ClN4O. The van der Waals surface area contributed by atoms with Crippen LogP contribution in [0.25, 0.3) is 0 Å². The Morgan fingerprint density at radius 1 is 1.44 bits per heavy atom. The maximum atomic E-state index is 7.36. The Hall–Kier alpha value is -1.75. The van der Waals surface area contributed by atoms with E-state index < -0.39 is 0 Å². The van der Waals surface area contributed by atoms with Crippen molar-refractivity contribution in [1.82, 2.24) is 4.90 Å². The van der Waals surface area contributed by atoms with Crippen LogP contribution < -0.4 is 5.73 Å². The Balaban J connectivity index is 2.79. The van der Waals surface area contributed by atoms with Crippen molar-refractivity contribution < 1.29 is 4.84 Å². The monoisotopic (exact) mass is 240 g/mol. The largest absolute Gasteiger partial charge is 0.380 e. The van der Waals surface area contributed by atoms with E-state index in [0.29, 0.717) is 10.6 Å². The van der Waals surface area contributed by atoms with Gasteiger partial charge < -0.3 is 15.5 Å². The molecule has 0 unspecified atom stereocenters. The second-order valence-corrected chi connectivity index (χ2v) is 3.65. The van der Waals surface area contributed by atoms with Gasteiger partial charge in [-0.1, -0.05) is 28.9 Å². The summed E-state index contributed by atoms with van der Waals surface area (Å²) in [6.45, 7) is 0. The van der Waals surface area contributed by atoms with Crippen LogP contribution in [0.1, 0.15) is 5.56 Å². The number of halogens is 1. The third-order valence-electron chi connectivity index (χ3n) is 1.79. The molecule has 0 atom stereocenters. The number of hydrogen-bond acceptors (Lipinski definition) is 3. The minimum absolute atomic E-state index is 0.102. The Bertz CT molecular complexity index is 417. The van der Waals surface area contributed by atoms with Crippen molar-refractivity contribution in [1.29, 1.82) is 5.41 Å². The number of benzene rings is 1. The summed E-state index contributed by atoms with van der Waals surface area (Å²) in [5.74, 6) is 0.136. The van der Waals surface area contributed by atoms with Gasteiger partial charge in [0.15, 0.2) is 5.84 Å². The molecule has 0 aromatic heterocycles. The first-order chi connectivity index (χ1) is 7.52. The van der Waals surface area contributed by atoms with Gasteiger partial charge in [-0.3, -0.25) is 0 Å². The fourth-order valence-corrected chi connectivity index (χ4v) is 1.12. The minimum Gasteiger partial charge on any atom is -0.380 e. The van der Waals surface area contributed by atoms with Crippen LogP contribution in [-0.4, -0.2) is 30.9 Å². The fraction of sp³-hybridized carbons (Fsp3) is 0.200. The zero-order valence-electron chi connectivity index (χ0n) is 9.07. The van der Waals surface area contributed by atoms with Crippen molar-refractivity contribution in [3.05, 3.63) is 34.9 Å². The maximum Gasteiger partial charge on any atom is 0.314 e. The fourth-order valence-electron chi connectivity index (χ4n) is 0.892. The third-order valence-corrected chi connectivity index (χ3v) is 2.12. The van der Waals surface area contributed by atoms with Crippen molar-refractivity contribution in [3.8, 4) is 0 Å². The lowest BCUT2D eigenvalue weighted by molar-refractivity contribution is 0.270. The summed E-state index contributed by atoms with van der Waals surface area (Å²) < 4.78 is 0. The first-order valence-corrected chi connectivity index (χ1v) is 4.91. The summed E-state index contributed by atoms with van der Waals surface area (Å²) in [6.07, 6.45) is 0. The highest BCUT2D eigenvalue weighted by Crippen LogP contribution is 2.14. The van der Waals surface area contributed by atoms with Crippen molar-refractivity contribution in [2.24, 2.45) is 10.9 Å². The van der Waals surface area contributed by atoms with E-state index in [-0.39, 0.29) is 11.9 Å². The van der Waals surface area contributed by atoms with Crippen molar-refractivity contribution >= 4 is 23.5 Å². The van der Waals surface area contributed by atoms with Crippen LogP contribution in [0.3, 0.4) is 0 Å². The molecule has 0 aliphatic carbocycles. The summed E-state index contributed by atoms with van der Waals surface area (Å²) in [5.41, 5.74) is 6.25. The van der Waals surface area contributed by atoms with Crippen LogP contribution in [0, 0.1) is 5.41 Å². The molecule has 0 heterocycles. The Morgan fingerprint density at radius 3 is 2.62 bits per heavy atom. The molecule has 5 nitrogen and oxygen atoms in total. The predicted molar refractivity (Wildman–Crippen MR) is 64.7 cm³/mol. The van der Waals surface area contributed by atoms with Gasteiger partial charge in [0.05, 0.1) is 5.02 Å². The maximum absolute atomic E-state index is 7.36. The van der Waals surface area contributed by atoms with Crippen LogP contribution in [0.5, 0.6) is 0 Å². The molecule has 1 aromatic rings. The van der Waals surface area contributed by atoms with E-state index in [4.69, 9.17) is 27.6 Å². The molecule has 1 aromatic carbocycles. The van der Waals surface area contributed by atoms with Crippen LogP contribution in [0.2, 0.25) is 5.02 Å². The number of rotatable bonds is 2. The van der Waals surface area contributed by atoms with Crippen molar-refractivity contribution in [3.63, 3.8) is 0 Å². The molecular weight excluding hydrogens is 228 g/mol. The molecule has 0 amide bonds. The van der Waals surface area contributed by atoms with Gasteiger partial charge >= 0.3 is 6.02 Å². The molecule has 0 fully saturated rings. The molecule has 6 heteroatoms. The van der Waals surface area contributed by atoms with Gasteiger partial charge in [-0.25, -0.2) is 5.41 Å². The van der Waals surface area contributed by atoms with Gasteiger partial charge in [0.25, 0.3) is 0 Å². The normalized spacial score (nSPS) is 11.1. The van der Waals surface area contributed by atoms with Crippen molar-refractivity contribution in [2.45, 2.75) is 0 Å². The van der Waals surface area contributed by atoms with E-state index >= 15 is 0 Å². The SMILES string of the molecule is CN(C)C(=N)O/N=C(\N)c1ccccc1Cl. The minimum atomic E-state index is -0.102. The highest BCUT2D eigenvalue weighted by atomic mass is 35.5. The molecule has 16 heavy (non-hydrogen) atoms. The van der Waals surface area contributed by atoms with Crippen LogP contribution in [0.15, 0.2) is 29.4 Å². The van der Waals surface area contributed by atoms with Gasteiger partial charge in [-0.2, -0.15) is 0 Å². The Morgan fingerprint density at radius 2 is 2.06 bits per heavy atom. The molecule has 0 saturated carbocycles. The van der Waals surface area contributed by atoms with Gasteiger partial charge in [0.2, 0.25) is 0 Å². The lowest BCUT2D eigenvalue weighted by atomic mass is 10.2. The standard InChI is InChI=1S/C10H13ClN4O/c1-15(2)10(13)16-14-9(12)7-5-3-4-6-8(7)11/h3-6,13H,1-2H3,(H2,12,14). The summed E-state index contributed by atoms with van der Waals surface area (Å²) in [6, 6.07) is 6.92. The number of nitrogens with zero attached hydrogens (tertiary/aromatic N) is 2. The second-order valence-electron chi connectivity index (χ2n) is 3.25. The summed E-state index contributed by atoms with van der Waals surface area (Å²) in [4.78, 5) is 6.25. The first-order valence-electron chi connectivity index (χ1n) is 4.53.